The van der Waals surface area contributed by atoms with Gasteiger partial charge in [-0.2, -0.15) is 0 Å². The molecule has 1 aliphatic heterocycles. The van der Waals surface area contributed by atoms with Gasteiger partial charge in [0, 0.05) is 24.0 Å². The summed E-state index contributed by atoms with van der Waals surface area (Å²) in [6.07, 6.45) is 0.926. The molecule has 16 heavy (non-hydrogen) atoms. The molecule has 3 nitrogen and oxygen atoms in total. The molecule has 2 N–H and O–H groups in total. The lowest BCUT2D eigenvalue weighted by atomic mass is 10.3. The van der Waals surface area contributed by atoms with Crippen LogP contribution >= 0.6 is 23.7 Å². The van der Waals surface area contributed by atoms with E-state index in [1.165, 1.54) is 10.4 Å². The van der Waals surface area contributed by atoms with Gasteiger partial charge >= 0.3 is 0 Å². The molecule has 1 saturated heterocycles. The number of carbonyl (C=O) groups is 1. The number of likely N-dealkylation sites (tertiary alicyclic amines) is 1. The molecule has 0 aliphatic carbocycles. The van der Waals surface area contributed by atoms with Crippen LogP contribution in [-0.2, 0) is 0 Å². The van der Waals surface area contributed by atoms with Crippen molar-refractivity contribution in [1.29, 1.82) is 0 Å². The molecule has 1 aromatic rings. The second kappa shape index (κ2) is 5.17. The maximum Gasteiger partial charge on any atom is 0.263 e. The summed E-state index contributed by atoms with van der Waals surface area (Å²) >= 11 is 1.58. The van der Waals surface area contributed by atoms with Gasteiger partial charge in [0.15, 0.2) is 0 Å². The summed E-state index contributed by atoms with van der Waals surface area (Å²) in [6.45, 7) is 5.59. The van der Waals surface area contributed by atoms with Crippen LogP contribution in [0.15, 0.2) is 6.07 Å². The van der Waals surface area contributed by atoms with Crippen molar-refractivity contribution in [3.05, 3.63) is 21.4 Å². The van der Waals surface area contributed by atoms with Crippen molar-refractivity contribution in [2.75, 3.05) is 13.1 Å². The van der Waals surface area contributed by atoms with E-state index < -0.39 is 0 Å². The van der Waals surface area contributed by atoms with Crippen molar-refractivity contribution in [1.82, 2.24) is 4.90 Å². The third kappa shape index (κ3) is 2.56. The molecule has 1 fully saturated rings. The van der Waals surface area contributed by atoms with E-state index in [1.807, 2.05) is 24.8 Å². The summed E-state index contributed by atoms with van der Waals surface area (Å²) in [5, 5.41) is 0. The lowest BCUT2D eigenvalue weighted by Crippen LogP contribution is -2.31. The monoisotopic (exact) mass is 260 g/mol. The summed E-state index contributed by atoms with van der Waals surface area (Å²) in [6, 6.07) is 2.14. The third-order valence-corrected chi connectivity index (χ3v) is 4.03. The number of nitrogens with zero attached hydrogens (tertiary/aromatic N) is 1. The predicted octanol–water partition coefficient (Wildman–Crippen LogP) is 1.96. The molecule has 0 spiro atoms. The van der Waals surface area contributed by atoms with E-state index in [9.17, 15) is 4.79 Å². The number of halogens is 1. The molecule has 2 rings (SSSR count). The van der Waals surface area contributed by atoms with Crippen LogP contribution in [0.3, 0.4) is 0 Å². The molecule has 0 unspecified atom stereocenters. The first-order valence-corrected chi connectivity index (χ1v) is 6.01. The fourth-order valence-electron chi connectivity index (χ4n) is 1.81. The average Bonchev–Trinajstić information content (AvgIpc) is 2.74. The highest BCUT2D eigenvalue weighted by Gasteiger charge is 2.25. The van der Waals surface area contributed by atoms with Gasteiger partial charge in [-0.15, -0.1) is 23.7 Å². The molecule has 2 heterocycles. The Bertz CT molecular complexity index is 372. The zero-order valence-corrected chi connectivity index (χ0v) is 11.2. The highest BCUT2D eigenvalue weighted by molar-refractivity contribution is 7.14. The van der Waals surface area contributed by atoms with Crippen LogP contribution in [0.4, 0.5) is 0 Å². The van der Waals surface area contributed by atoms with Crippen LogP contribution in [0.25, 0.3) is 0 Å². The van der Waals surface area contributed by atoms with Gasteiger partial charge in [0.2, 0.25) is 0 Å². The SMILES string of the molecule is Cc1cc(C(=O)N2CC[C@H](N)C2)sc1C.Cl. The first-order valence-electron chi connectivity index (χ1n) is 5.20. The Morgan fingerprint density at radius 1 is 1.56 bits per heavy atom. The molecule has 0 radical (unpaired) electrons. The van der Waals surface area contributed by atoms with Crippen molar-refractivity contribution in [2.24, 2.45) is 5.73 Å². The van der Waals surface area contributed by atoms with E-state index >= 15 is 0 Å². The highest BCUT2D eigenvalue weighted by Crippen LogP contribution is 2.23. The van der Waals surface area contributed by atoms with Gasteiger partial charge in [-0.1, -0.05) is 0 Å². The zero-order chi connectivity index (χ0) is 11.0. The van der Waals surface area contributed by atoms with E-state index in [-0.39, 0.29) is 24.4 Å². The Kier molecular flexibility index (Phi) is 4.35. The third-order valence-electron chi connectivity index (χ3n) is 2.89. The Morgan fingerprint density at radius 3 is 2.69 bits per heavy atom. The number of aryl methyl sites for hydroxylation is 2. The molecular formula is C11H17ClN2OS. The molecular weight excluding hydrogens is 244 g/mol. The second-order valence-corrected chi connectivity index (χ2v) is 5.41. The summed E-state index contributed by atoms with van der Waals surface area (Å²) in [7, 11) is 0. The normalized spacial score (nSPS) is 19.7. The lowest BCUT2D eigenvalue weighted by molar-refractivity contribution is 0.0795. The van der Waals surface area contributed by atoms with Crippen molar-refractivity contribution in [3.63, 3.8) is 0 Å². The first-order chi connectivity index (χ1) is 7.08. The maximum absolute atomic E-state index is 12.0. The smallest absolute Gasteiger partial charge is 0.263 e. The summed E-state index contributed by atoms with van der Waals surface area (Å²) in [4.78, 5) is 16.0. The molecule has 1 atom stereocenters. The Balaban J connectivity index is 0.00000128. The van der Waals surface area contributed by atoms with Gasteiger partial charge in [-0.25, -0.2) is 0 Å². The van der Waals surface area contributed by atoms with Gasteiger partial charge in [0.1, 0.15) is 0 Å². The van der Waals surface area contributed by atoms with E-state index in [2.05, 4.69) is 0 Å². The topological polar surface area (TPSA) is 46.3 Å². The largest absolute Gasteiger partial charge is 0.336 e. The van der Waals surface area contributed by atoms with Gasteiger partial charge in [-0.05, 0) is 31.9 Å². The van der Waals surface area contributed by atoms with Gasteiger partial charge in [0.25, 0.3) is 5.91 Å². The Morgan fingerprint density at radius 2 is 2.25 bits per heavy atom. The van der Waals surface area contributed by atoms with Crippen LogP contribution in [0, 0.1) is 13.8 Å². The van der Waals surface area contributed by atoms with Crippen LogP contribution in [0.5, 0.6) is 0 Å². The van der Waals surface area contributed by atoms with Crippen molar-refractivity contribution >= 4 is 29.7 Å². The molecule has 1 amide bonds. The minimum Gasteiger partial charge on any atom is -0.336 e. The Hall–Kier alpha value is -0.580. The quantitative estimate of drug-likeness (QED) is 0.839. The highest BCUT2D eigenvalue weighted by atomic mass is 35.5. The van der Waals surface area contributed by atoms with E-state index in [4.69, 9.17) is 5.73 Å². The number of nitrogens with two attached hydrogens (primary N) is 1. The Labute approximate surface area is 106 Å². The first kappa shape index (κ1) is 13.5. The molecule has 0 saturated carbocycles. The fourth-order valence-corrected chi connectivity index (χ4v) is 2.81. The molecule has 0 aromatic carbocycles. The fraction of sp³-hybridized carbons (Fsp3) is 0.545. The van der Waals surface area contributed by atoms with E-state index in [1.54, 1.807) is 11.3 Å². The molecule has 1 aliphatic rings. The molecule has 90 valence electrons. The second-order valence-electron chi connectivity index (χ2n) is 4.15. The molecule has 0 bridgehead atoms. The summed E-state index contributed by atoms with van der Waals surface area (Å²) in [5.74, 6) is 0.143. The number of rotatable bonds is 1. The van der Waals surface area contributed by atoms with Crippen LogP contribution < -0.4 is 5.73 Å². The standard InChI is InChI=1S/C11H16N2OS.ClH/c1-7-5-10(15-8(7)2)11(14)13-4-3-9(12)6-13;/h5,9H,3-4,6,12H2,1-2H3;1H/t9-;/m0./s1. The van der Waals surface area contributed by atoms with Gasteiger partial charge < -0.3 is 10.6 Å². The lowest BCUT2D eigenvalue weighted by Gasteiger charge is -2.14. The van der Waals surface area contributed by atoms with E-state index in [0.29, 0.717) is 6.54 Å². The van der Waals surface area contributed by atoms with E-state index in [0.717, 1.165) is 17.8 Å². The van der Waals surface area contributed by atoms with Crippen molar-refractivity contribution < 1.29 is 4.79 Å². The average molecular weight is 261 g/mol. The van der Waals surface area contributed by atoms with Crippen molar-refractivity contribution in [2.45, 2.75) is 26.3 Å². The number of carbonyl (C=O) groups excluding carboxylic acids is 1. The summed E-state index contributed by atoms with van der Waals surface area (Å²) in [5.41, 5.74) is 6.99. The minimum atomic E-state index is 0. The zero-order valence-electron chi connectivity index (χ0n) is 9.53. The minimum absolute atomic E-state index is 0. The van der Waals surface area contributed by atoms with Crippen LogP contribution in [0.1, 0.15) is 26.5 Å². The van der Waals surface area contributed by atoms with Crippen LogP contribution in [0.2, 0.25) is 0 Å². The number of amides is 1. The predicted molar refractivity (Wildman–Crippen MR) is 69.5 cm³/mol. The van der Waals surface area contributed by atoms with Crippen LogP contribution in [-0.4, -0.2) is 29.9 Å². The molecule has 5 heteroatoms. The molecule has 1 aromatic heterocycles. The maximum atomic E-state index is 12.0. The number of hydrogen-bond donors (Lipinski definition) is 1. The summed E-state index contributed by atoms with van der Waals surface area (Å²) < 4.78 is 0. The van der Waals surface area contributed by atoms with Gasteiger partial charge in [0.05, 0.1) is 4.88 Å². The number of hydrogen-bond acceptors (Lipinski definition) is 3. The number of thiophene rings is 1. The van der Waals surface area contributed by atoms with Crippen molar-refractivity contribution in [3.8, 4) is 0 Å². The van der Waals surface area contributed by atoms with Gasteiger partial charge in [-0.3, -0.25) is 4.79 Å².